The van der Waals surface area contributed by atoms with Crippen molar-refractivity contribution in [2.75, 3.05) is 4.90 Å². The number of alkyl halides is 3. The molecule has 1 aliphatic heterocycles. The minimum Gasteiger partial charge on any atom is -0.284 e. The molecule has 0 spiro atoms. The van der Waals surface area contributed by atoms with Crippen LogP contribution < -0.4 is 4.90 Å². The van der Waals surface area contributed by atoms with E-state index < -0.39 is 23.6 Å². The molecule has 0 aromatic heterocycles. The zero-order valence-corrected chi connectivity index (χ0v) is 14.8. The van der Waals surface area contributed by atoms with E-state index in [-0.39, 0.29) is 12.1 Å². The number of allylic oxidation sites excluding steroid dienone is 2. The molecule has 1 heterocycles. The molecule has 3 rings (SSSR count). The molecule has 28 heavy (non-hydrogen) atoms. The lowest BCUT2D eigenvalue weighted by Gasteiger charge is -2.33. The van der Waals surface area contributed by atoms with Crippen LogP contribution in [0.25, 0.3) is 0 Å². The highest BCUT2D eigenvalue weighted by Crippen LogP contribution is 2.39. The van der Waals surface area contributed by atoms with Crippen LogP contribution in [0.5, 0.6) is 0 Å². The maximum atomic E-state index is 13.0. The number of halogens is 3. The number of hydrogen-bond donors (Lipinski definition) is 0. The Bertz CT molecular complexity index is 1040. The Morgan fingerprint density at radius 1 is 1.07 bits per heavy atom. The summed E-state index contributed by atoms with van der Waals surface area (Å²) in [6.45, 7) is 1.55. The van der Waals surface area contributed by atoms with Gasteiger partial charge in [-0.05, 0) is 42.8 Å². The van der Waals surface area contributed by atoms with E-state index in [2.05, 4.69) is 6.07 Å². The molecule has 1 atom stereocenters. The summed E-state index contributed by atoms with van der Waals surface area (Å²) in [5.41, 5.74) is 0.971. The van der Waals surface area contributed by atoms with Gasteiger partial charge < -0.3 is 0 Å². The summed E-state index contributed by atoms with van der Waals surface area (Å²) in [6.07, 6.45) is -4.59. The summed E-state index contributed by atoms with van der Waals surface area (Å²) < 4.78 is 39.1. The fraction of sp³-hybridized carbons (Fsp3) is 0.190. The van der Waals surface area contributed by atoms with Gasteiger partial charge in [-0.2, -0.15) is 23.7 Å². The van der Waals surface area contributed by atoms with Crippen LogP contribution in [0, 0.1) is 22.7 Å². The van der Waals surface area contributed by atoms with Crippen LogP contribution in [-0.4, -0.2) is 5.91 Å². The fourth-order valence-corrected chi connectivity index (χ4v) is 3.32. The number of anilines is 1. The van der Waals surface area contributed by atoms with Crippen LogP contribution in [0.1, 0.15) is 36.0 Å². The molecule has 140 valence electrons. The number of rotatable bonds is 2. The summed E-state index contributed by atoms with van der Waals surface area (Å²) in [5.74, 6) is -0.905. The molecule has 0 fully saturated rings. The van der Waals surface area contributed by atoms with Crippen LogP contribution >= 0.6 is 0 Å². The van der Waals surface area contributed by atoms with E-state index in [9.17, 15) is 23.2 Å². The Kier molecular flexibility index (Phi) is 4.94. The minimum absolute atomic E-state index is 0.0532. The normalized spacial score (nSPS) is 17.3. The van der Waals surface area contributed by atoms with Gasteiger partial charge in [0.15, 0.2) is 0 Å². The number of nitrogens with zero attached hydrogens (tertiary/aromatic N) is 3. The van der Waals surface area contributed by atoms with Crippen LogP contribution in [0.15, 0.2) is 59.8 Å². The van der Waals surface area contributed by atoms with Crippen molar-refractivity contribution in [1.29, 1.82) is 10.5 Å². The number of nitriles is 2. The molecule has 1 amide bonds. The van der Waals surface area contributed by atoms with Gasteiger partial charge in [0, 0.05) is 23.7 Å². The van der Waals surface area contributed by atoms with E-state index in [0.717, 1.165) is 17.0 Å². The van der Waals surface area contributed by atoms with Crippen molar-refractivity contribution in [3.05, 3.63) is 76.5 Å². The van der Waals surface area contributed by atoms with Crippen molar-refractivity contribution >= 4 is 11.6 Å². The Morgan fingerprint density at radius 3 is 2.32 bits per heavy atom. The van der Waals surface area contributed by atoms with Gasteiger partial charge in [-0.15, -0.1) is 0 Å². The Hall–Kier alpha value is -3.58. The van der Waals surface area contributed by atoms with E-state index in [1.807, 2.05) is 6.07 Å². The van der Waals surface area contributed by atoms with Gasteiger partial charge in [-0.3, -0.25) is 9.69 Å². The average Bonchev–Trinajstić information content (AvgIpc) is 2.67. The molecule has 2 aromatic carbocycles. The van der Waals surface area contributed by atoms with Crippen molar-refractivity contribution in [3.8, 4) is 12.1 Å². The minimum atomic E-state index is -4.53. The third kappa shape index (κ3) is 3.47. The first-order valence-electron chi connectivity index (χ1n) is 8.37. The van der Waals surface area contributed by atoms with Crippen LogP contribution in [0.4, 0.5) is 18.9 Å². The Morgan fingerprint density at radius 2 is 1.75 bits per heavy atom. The first kappa shape index (κ1) is 19.2. The smallest absolute Gasteiger partial charge is 0.284 e. The largest absolute Gasteiger partial charge is 0.416 e. The molecule has 1 unspecified atom stereocenters. The first-order valence-corrected chi connectivity index (χ1v) is 8.37. The monoisotopic (exact) mass is 381 g/mol. The highest BCUT2D eigenvalue weighted by molar-refractivity contribution is 5.99. The summed E-state index contributed by atoms with van der Waals surface area (Å²) in [6, 6.07) is 15.1. The van der Waals surface area contributed by atoms with E-state index in [1.165, 1.54) is 12.1 Å². The predicted octanol–water partition coefficient (Wildman–Crippen LogP) is 4.90. The Balaban J connectivity index is 2.06. The molecule has 0 N–H and O–H groups in total. The van der Waals surface area contributed by atoms with Crippen molar-refractivity contribution in [2.24, 2.45) is 0 Å². The van der Waals surface area contributed by atoms with E-state index in [1.54, 1.807) is 31.2 Å². The lowest BCUT2D eigenvalue weighted by Crippen LogP contribution is -2.36. The van der Waals surface area contributed by atoms with Crippen LogP contribution in [0.2, 0.25) is 0 Å². The molecule has 0 bridgehead atoms. The van der Waals surface area contributed by atoms with Crippen LogP contribution in [-0.2, 0) is 11.0 Å². The number of carbonyl (C=O) groups is 1. The zero-order valence-electron chi connectivity index (χ0n) is 14.8. The molecule has 4 nitrogen and oxygen atoms in total. The quantitative estimate of drug-likeness (QED) is 0.743. The lowest BCUT2D eigenvalue weighted by atomic mass is 9.84. The lowest BCUT2D eigenvalue weighted by molar-refractivity contribution is -0.137. The van der Waals surface area contributed by atoms with Gasteiger partial charge in [0.05, 0.1) is 28.8 Å². The second-order valence-electron chi connectivity index (χ2n) is 6.38. The topological polar surface area (TPSA) is 67.9 Å². The van der Waals surface area contributed by atoms with E-state index >= 15 is 0 Å². The van der Waals surface area contributed by atoms with Gasteiger partial charge in [0.25, 0.3) is 0 Å². The molecular weight excluding hydrogens is 367 g/mol. The number of carbonyl (C=O) groups excluding carboxylic acids is 1. The maximum Gasteiger partial charge on any atom is 0.416 e. The van der Waals surface area contributed by atoms with Gasteiger partial charge >= 0.3 is 6.18 Å². The highest BCUT2D eigenvalue weighted by Gasteiger charge is 2.35. The van der Waals surface area contributed by atoms with Gasteiger partial charge in [-0.25, -0.2) is 0 Å². The second kappa shape index (κ2) is 7.21. The SMILES string of the molecule is CC1=C(C#N)C(c2ccc(C#N)cc2)CC(=O)N1c1cccc(C(F)(F)F)c1. The van der Waals surface area contributed by atoms with E-state index in [0.29, 0.717) is 22.4 Å². The first-order chi connectivity index (χ1) is 13.3. The number of amides is 1. The zero-order chi connectivity index (χ0) is 20.5. The van der Waals surface area contributed by atoms with Gasteiger partial charge in [-0.1, -0.05) is 18.2 Å². The van der Waals surface area contributed by atoms with Crippen molar-refractivity contribution in [2.45, 2.75) is 25.4 Å². The molecule has 2 aromatic rings. The molecule has 0 radical (unpaired) electrons. The summed E-state index contributed by atoms with van der Waals surface area (Å²) in [4.78, 5) is 13.9. The summed E-state index contributed by atoms with van der Waals surface area (Å²) >= 11 is 0. The predicted molar refractivity (Wildman–Crippen MR) is 95.8 cm³/mol. The second-order valence-corrected chi connectivity index (χ2v) is 6.38. The standard InChI is InChI=1S/C21H14F3N3O/c1-13-19(12-26)18(15-7-5-14(11-25)6-8-15)10-20(28)27(13)17-4-2-3-16(9-17)21(22,23)24/h2-9,18H,10H2,1H3. The maximum absolute atomic E-state index is 13.0. The number of benzene rings is 2. The Labute approximate surface area is 159 Å². The molecule has 0 aliphatic carbocycles. The fourth-order valence-electron chi connectivity index (χ4n) is 3.32. The van der Waals surface area contributed by atoms with E-state index in [4.69, 9.17) is 5.26 Å². The van der Waals surface area contributed by atoms with Gasteiger partial charge in [0.1, 0.15) is 0 Å². The summed E-state index contributed by atoms with van der Waals surface area (Å²) in [5, 5.41) is 18.6. The average molecular weight is 381 g/mol. The summed E-state index contributed by atoms with van der Waals surface area (Å²) in [7, 11) is 0. The third-order valence-electron chi connectivity index (χ3n) is 4.70. The molecule has 0 saturated carbocycles. The van der Waals surface area contributed by atoms with Crippen molar-refractivity contribution < 1.29 is 18.0 Å². The molecule has 7 heteroatoms. The van der Waals surface area contributed by atoms with Crippen molar-refractivity contribution in [1.82, 2.24) is 0 Å². The van der Waals surface area contributed by atoms with Gasteiger partial charge in [0.2, 0.25) is 5.91 Å². The third-order valence-corrected chi connectivity index (χ3v) is 4.70. The number of hydrogen-bond acceptors (Lipinski definition) is 3. The van der Waals surface area contributed by atoms with Crippen molar-refractivity contribution in [3.63, 3.8) is 0 Å². The molecule has 1 aliphatic rings. The molecule has 0 saturated heterocycles. The molecular formula is C21H14F3N3O. The van der Waals surface area contributed by atoms with Crippen LogP contribution in [0.3, 0.4) is 0 Å². The highest BCUT2D eigenvalue weighted by atomic mass is 19.4.